The Kier molecular flexibility index (Phi) is 3.78. The lowest BCUT2D eigenvalue weighted by atomic mass is 9.98. The number of hydrogen-bond donors (Lipinski definition) is 1. The summed E-state index contributed by atoms with van der Waals surface area (Å²) in [6.07, 6.45) is 0. The standard InChI is InChI=1S/C16H14BrNOS/c1-19-14-8-10(17)6-7-12(14)16(18)13-9-20-15-5-3-2-4-11(13)15/h2-9,16H,18H2,1H3. The first-order valence-corrected chi connectivity index (χ1v) is 7.93. The van der Waals surface area contributed by atoms with Crippen molar-refractivity contribution >= 4 is 37.4 Å². The molecule has 0 aliphatic rings. The monoisotopic (exact) mass is 347 g/mol. The lowest BCUT2D eigenvalue weighted by Gasteiger charge is -2.16. The molecular formula is C16H14BrNOS. The highest BCUT2D eigenvalue weighted by atomic mass is 79.9. The van der Waals surface area contributed by atoms with Crippen LogP contribution in [-0.2, 0) is 0 Å². The summed E-state index contributed by atoms with van der Waals surface area (Å²) < 4.78 is 7.70. The fraction of sp³-hybridized carbons (Fsp3) is 0.125. The Morgan fingerprint density at radius 3 is 2.75 bits per heavy atom. The molecule has 0 radical (unpaired) electrons. The molecule has 0 aliphatic heterocycles. The van der Waals surface area contributed by atoms with Crippen molar-refractivity contribution in [1.29, 1.82) is 0 Å². The van der Waals surface area contributed by atoms with Gasteiger partial charge < -0.3 is 10.5 Å². The smallest absolute Gasteiger partial charge is 0.125 e. The second-order valence-corrected chi connectivity index (χ2v) is 6.38. The Bertz CT molecular complexity index is 753. The summed E-state index contributed by atoms with van der Waals surface area (Å²) >= 11 is 5.18. The Hall–Kier alpha value is -1.36. The number of thiophene rings is 1. The summed E-state index contributed by atoms with van der Waals surface area (Å²) in [6, 6.07) is 14.1. The maximum absolute atomic E-state index is 6.46. The van der Waals surface area contributed by atoms with Crippen LogP contribution in [0.15, 0.2) is 52.3 Å². The van der Waals surface area contributed by atoms with Crippen LogP contribution < -0.4 is 10.5 Å². The first-order chi connectivity index (χ1) is 9.70. The van der Waals surface area contributed by atoms with Gasteiger partial charge in [0.05, 0.1) is 13.2 Å². The third-order valence-corrected chi connectivity index (χ3v) is 4.85. The van der Waals surface area contributed by atoms with Crippen molar-refractivity contribution in [2.45, 2.75) is 6.04 Å². The van der Waals surface area contributed by atoms with E-state index in [1.54, 1.807) is 18.4 Å². The molecule has 3 aromatic rings. The molecule has 102 valence electrons. The summed E-state index contributed by atoms with van der Waals surface area (Å²) in [5.41, 5.74) is 8.61. The first-order valence-electron chi connectivity index (χ1n) is 6.26. The molecule has 1 unspecified atom stereocenters. The SMILES string of the molecule is COc1cc(Br)ccc1C(N)c1csc2ccccc12. The highest BCUT2D eigenvalue weighted by Gasteiger charge is 2.17. The van der Waals surface area contributed by atoms with Gasteiger partial charge in [0, 0.05) is 14.7 Å². The Morgan fingerprint density at radius 2 is 1.95 bits per heavy atom. The minimum absolute atomic E-state index is 0.186. The van der Waals surface area contributed by atoms with Crippen molar-refractivity contribution in [2.24, 2.45) is 5.73 Å². The highest BCUT2D eigenvalue weighted by molar-refractivity contribution is 9.10. The van der Waals surface area contributed by atoms with Gasteiger partial charge in [-0.2, -0.15) is 0 Å². The number of halogens is 1. The minimum atomic E-state index is -0.186. The molecule has 0 bridgehead atoms. The number of hydrogen-bond acceptors (Lipinski definition) is 3. The zero-order chi connectivity index (χ0) is 14.1. The summed E-state index contributed by atoms with van der Waals surface area (Å²) in [4.78, 5) is 0. The van der Waals surface area contributed by atoms with E-state index in [2.05, 4.69) is 33.4 Å². The van der Waals surface area contributed by atoms with Crippen molar-refractivity contribution in [2.75, 3.05) is 7.11 Å². The maximum atomic E-state index is 6.46. The molecule has 0 saturated carbocycles. The van der Waals surface area contributed by atoms with E-state index in [0.29, 0.717) is 0 Å². The molecule has 1 aromatic heterocycles. The van der Waals surface area contributed by atoms with Crippen molar-refractivity contribution < 1.29 is 4.74 Å². The van der Waals surface area contributed by atoms with Gasteiger partial charge in [-0.1, -0.05) is 40.2 Å². The molecule has 0 fully saturated rings. The van der Waals surface area contributed by atoms with E-state index in [9.17, 15) is 0 Å². The fourth-order valence-corrected chi connectivity index (χ4v) is 3.69. The van der Waals surface area contributed by atoms with Crippen molar-refractivity contribution in [1.82, 2.24) is 0 Å². The van der Waals surface area contributed by atoms with Gasteiger partial charge in [-0.15, -0.1) is 11.3 Å². The van der Waals surface area contributed by atoms with Crippen LogP contribution >= 0.6 is 27.3 Å². The summed E-state index contributed by atoms with van der Waals surface area (Å²) in [5, 5.41) is 3.35. The van der Waals surface area contributed by atoms with Crippen LogP contribution in [-0.4, -0.2) is 7.11 Å². The van der Waals surface area contributed by atoms with Gasteiger partial charge in [-0.25, -0.2) is 0 Å². The number of ether oxygens (including phenoxy) is 1. The largest absolute Gasteiger partial charge is 0.496 e. The van der Waals surface area contributed by atoms with Crippen LogP contribution in [0.1, 0.15) is 17.2 Å². The molecule has 2 aromatic carbocycles. The van der Waals surface area contributed by atoms with Crippen LogP contribution in [0, 0.1) is 0 Å². The number of fused-ring (bicyclic) bond motifs is 1. The summed E-state index contributed by atoms with van der Waals surface area (Å²) in [6.45, 7) is 0. The molecule has 20 heavy (non-hydrogen) atoms. The van der Waals surface area contributed by atoms with E-state index in [4.69, 9.17) is 10.5 Å². The molecule has 0 aliphatic carbocycles. The van der Waals surface area contributed by atoms with E-state index in [1.165, 1.54) is 10.1 Å². The molecule has 1 atom stereocenters. The molecule has 1 heterocycles. The lowest BCUT2D eigenvalue weighted by Crippen LogP contribution is -2.12. The fourth-order valence-electron chi connectivity index (χ4n) is 2.35. The van der Waals surface area contributed by atoms with E-state index in [1.807, 2.05) is 30.3 Å². The number of benzene rings is 2. The van der Waals surface area contributed by atoms with Gasteiger partial charge in [0.15, 0.2) is 0 Å². The molecular weight excluding hydrogens is 334 g/mol. The first kappa shape index (κ1) is 13.6. The Morgan fingerprint density at radius 1 is 1.15 bits per heavy atom. The molecule has 2 nitrogen and oxygen atoms in total. The van der Waals surface area contributed by atoms with Crippen molar-refractivity contribution in [3.05, 3.63) is 63.4 Å². The lowest BCUT2D eigenvalue weighted by molar-refractivity contribution is 0.407. The highest BCUT2D eigenvalue weighted by Crippen LogP contribution is 2.36. The van der Waals surface area contributed by atoms with E-state index in [-0.39, 0.29) is 6.04 Å². The Labute approximate surface area is 130 Å². The summed E-state index contributed by atoms with van der Waals surface area (Å²) in [7, 11) is 1.67. The van der Waals surface area contributed by atoms with Crippen LogP contribution in [0.25, 0.3) is 10.1 Å². The normalized spacial score (nSPS) is 12.6. The zero-order valence-electron chi connectivity index (χ0n) is 11.0. The molecule has 2 N–H and O–H groups in total. The van der Waals surface area contributed by atoms with E-state index in [0.717, 1.165) is 21.3 Å². The quantitative estimate of drug-likeness (QED) is 0.743. The average molecular weight is 348 g/mol. The van der Waals surface area contributed by atoms with Gasteiger partial charge in [-0.3, -0.25) is 0 Å². The Balaban J connectivity index is 2.10. The van der Waals surface area contributed by atoms with Gasteiger partial charge in [0.2, 0.25) is 0 Å². The molecule has 0 spiro atoms. The topological polar surface area (TPSA) is 35.2 Å². The molecule has 4 heteroatoms. The van der Waals surface area contributed by atoms with Gasteiger partial charge in [0.1, 0.15) is 5.75 Å². The van der Waals surface area contributed by atoms with Crippen LogP contribution in [0.3, 0.4) is 0 Å². The van der Waals surface area contributed by atoms with Gasteiger partial charge >= 0.3 is 0 Å². The van der Waals surface area contributed by atoms with E-state index >= 15 is 0 Å². The summed E-state index contributed by atoms with van der Waals surface area (Å²) in [5.74, 6) is 0.808. The van der Waals surface area contributed by atoms with Crippen molar-refractivity contribution in [3.63, 3.8) is 0 Å². The predicted octanol–water partition coefficient (Wildman–Crippen LogP) is 4.72. The molecule has 3 rings (SSSR count). The van der Waals surface area contributed by atoms with Crippen LogP contribution in [0.5, 0.6) is 5.75 Å². The van der Waals surface area contributed by atoms with Gasteiger partial charge in [-0.05, 0) is 34.5 Å². The zero-order valence-corrected chi connectivity index (χ0v) is 13.4. The minimum Gasteiger partial charge on any atom is -0.496 e. The molecule has 0 amide bonds. The number of methoxy groups -OCH3 is 1. The average Bonchev–Trinajstić information content (AvgIpc) is 2.90. The van der Waals surface area contributed by atoms with Crippen molar-refractivity contribution in [3.8, 4) is 5.75 Å². The number of rotatable bonds is 3. The van der Waals surface area contributed by atoms with E-state index < -0.39 is 0 Å². The van der Waals surface area contributed by atoms with Crippen LogP contribution in [0.2, 0.25) is 0 Å². The predicted molar refractivity (Wildman–Crippen MR) is 88.5 cm³/mol. The van der Waals surface area contributed by atoms with Crippen LogP contribution in [0.4, 0.5) is 0 Å². The maximum Gasteiger partial charge on any atom is 0.125 e. The number of nitrogens with two attached hydrogens (primary N) is 1. The third kappa shape index (κ3) is 2.35. The third-order valence-electron chi connectivity index (χ3n) is 3.38. The second kappa shape index (κ2) is 5.56. The molecule has 0 saturated heterocycles. The second-order valence-electron chi connectivity index (χ2n) is 4.55. The van der Waals surface area contributed by atoms with Gasteiger partial charge in [0.25, 0.3) is 0 Å².